The summed E-state index contributed by atoms with van der Waals surface area (Å²) in [5.41, 5.74) is 1.21. The van der Waals surface area contributed by atoms with Crippen LogP contribution in [0, 0.1) is 13.8 Å². The Hall–Kier alpha value is -2.30. The van der Waals surface area contributed by atoms with Gasteiger partial charge in [0, 0.05) is 58.6 Å². The number of aryl methyl sites for hydroxylation is 2. The molecule has 3 rings (SSSR count). The number of benzene rings is 1. The average Bonchev–Trinajstić information content (AvgIpc) is 2.85. The highest BCUT2D eigenvalue weighted by atomic mass is 32.2. The minimum absolute atomic E-state index is 0.102. The van der Waals surface area contributed by atoms with Gasteiger partial charge in [0.1, 0.15) is 12.0 Å². The Morgan fingerprint density at radius 3 is 2.19 bits per heavy atom. The number of piperazine rings is 1. The first-order valence-corrected chi connectivity index (χ1v) is 14.1. The number of rotatable bonds is 9. The Balaban J connectivity index is 1.47. The van der Waals surface area contributed by atoms with Gasteiger partial charge in [0.05, 0.1) is 12.0 Å². The van der Waals surface area contributed by atoms with E-state index in [1.54, 1.807) is 38.0 Å². The Morgan fingerprint density at radius 2 is 1.64 bits per heavy atom. The van der Waals surface area contributed by atoms with Gasteiger partial charge in [-0.1, -0.05) is 0 Å². The fourth-order valence-corrected chi connectivity index (χ4v) is 6.64. The Kier molecular flexibility index (Phi) is 9.66. The summed E-state index contributed by atoms with van der Waals surface area (Å²) in [6.07, 6.45) is 6.81. The molecule has 0 atom stereocenters. The van der Waals surface area contributed by atoms with E-state index in [4.69, 9.17) is 9.47 Å². The van der Waals surface area contributed by atoms with Gasteiger partial charge in [-0.15, -0.1) is 0 Å². The van der Waals surface area contributed by atoms with E-state index >= 15 is 0 Å². The number of carbonyl (C=O) groups is 1. The summed E-state index contributed by atoms with van der Waals surface area (Å²) in [5, 5.41) is 0. The van der Waals surface area contributed by atoms with E-state index in [0.717, 1.165) is 56.2 Å². The lowest BCUT2D eigenvalue weighted by Crippen LogP contribution is -2.51. The molecule has 1 saturated carbocycles. The van der Waals surface area contributed by atoms with E-state index in [-0.39, 0.29) is 23.5 Å². The lowest BCUT2D eigenvalue weighted by molar-refractivity contribution is -0.136. The number of amides is 1. The van der Waals surface area contributed by atoms with E-state index in [1.165, 1.54) is 19.5 Å². The lowest BCUT2D eigenvalue weighted by Gasteiger charge is -2.42. The number of carbonyl (C=O) groups excluding carboxylic acids is 1. The first-order valence-electron chi connectivity index (χ1n) is 12.6. The van der Waals surface area contributed by atoms with Gasteiger partial charge in [-0.25, -0.2) is 8.42 Å². The molecule has 2 fully saturated rings. The first-order chi connectivity index (χ1) is 17.0. The number of hydrogen-bond donors (Lipinski definition) is 0. The molecule has 1 aromatic rings. The number of ether oxygens (including phenoxy) is 2. The molecule has 1 saturated heterocycles. The van der Waals surface area contributed by atoms with Crippen LogP contribution in [0.2, 0.25) is 0 Å². The molecule has 10 heteroatoms. The SMILES string of the molecule is COc1cc(C)c(S(=O)(=O)N(C)/C=C/OCC(=O)N(C)C2CCC(N3CCN(C)CC3)CC2)c(C)c1. The molecular weight excluding hydrogens is 480 g/mol. The highest BCUT2D eigenvalue weighted by Gasteiger charge is 2.30. The van der Waals surface area contributed by atoms with Gasteiger partial charge >= 0.3 is 0 Å². The van der Waals surface area contributed by atoms with Gasteiger partial charge in [-0.2, -0.15) is 0 Å². The average molecular weight is 523 g/mol. The molecule has 1 aliphatic carbocycles. The summed E-state index contributed by atoms with van der Waals surface area (Å²) in [5.74, 6) is 0.510. The summed E-state index contributed by atoms with van der Waals surface area (Å²) < 4.78 is 37.9. The van der Waals surface area contributed by atoms with E-state index in [2.05, 4.69) is 16.8 Å². The molecule has 202 valence electrons. The van der Waals surface area contributed by atoms with Crippen molar-refractivity contribution in [3.8, 4) is 5.75 Å². The number of likely N-dealkylation sites (N-methyl/N-ethyl adjacent to an activating group) is 2. The van der Waals surface area contributed by atoms with Crippen molar-refractivity contribution in [1.29, 1.82) is 0 Å². The van der Waals surface area contributed by atoms with Crippen molar-refractivity contribution in [2.75, 3.05) is 61.0 Å². The minimum Gasteiger partial charge on any atom is -0.497 e. The summed E-state index contributed by atoms with van der Waals surface area (Å²) >= 11 is 0. The van der Waals surface area contributed by atoms with Gasteiger partial charge in [-0.05, 0) is 69.8 Å². The summed E-state index contributed by atoms with van der Waals surface area (Å²) in [6, 6.07) is 4.23. The number of methoxy groups -OCH3 is 1. The van der Waals surface area contributed by atoms with Crippen molar-refractivity contribution in [3.63, 3.8) is 0 Å². The van der Waals surface area contributed by atoms with Crippen LogP contribution < -0.4 is 4.74 Å². The van der Waals surface area contributed by atoms with Gasteiger partial charge in [0.2, 0.25) is 0 Å². The van der Waals surface area contributed by atoms with Crippen molar-refractivity contribution in [2.24, 2.45) is 0 Å². The summed E-state index contributed by atoms with van der Waals surface area (Å²) in [6.45, 7) is 7.86. The minimum atomic E-state index is -3.77. The fraction of sp³-hybridized carbons (Fsp3) is 0.654. The third-order valence-corrected chi connectivity index (χ3v) is 9.58. The zero-order chi connectivity index (χ0) is 26.5. The van der Waals surface area contributed by atoms with Crippen LogP contribution in [-0.4, -0.2) is 106 Å². The first kappa shape index (κ1) is 28.3. The van der Waals surface area contributed by atoms with Crippen LogP contribution in [0.4, 0.5) is 0 Å². The van der Waals surface area contributed by atoms with Crippen molar-refractivity contribution in [2.45, 2.75) is 56.5 Å². The molecule has 2 aliphatic rings. The zero-order valence-corrected chi connectivity index (χ0v) is 23.4. The molecular formula is C26H42N4O5S. The largest absolute Gasteiger partial charge is 0.497 e. The highest BCUT2D eigenvalue weighted by Crippen LogP contribution is 2.28. The van der Waals surface area contributed by atoms with Crippen molar-refractivity contribution < 1.29 is 22.7 Å². The maximum absolute atomic E-state index is 13.1. The van der Waals surface area contributed by atoms with Crippen molar-refractivity contribution in [3.05, 3.63) is 35.7 Å². The second-order valence-corrected chi connectivity index (χ2v) is 11.9. The van der Waals surface area contributed by atoms with Crippen molar-refractivity contribution in [1.82, 2.24) is 19.0 Å². The topological polar surface area (TPSA) is 82.6 Å². The quantitative estimate of drug-likeness (QED) is 0.461. The summed E-state index contributed by atoms with van der Waals surface area (Å²) in [7, 11) is 3.24. The molecule has 0 N–H and O–H groups in total. The van der Waals surface area contributed by atoms with Crippen LogP contribution in [-0.2, 0) is 19.6 Å². The Bertz CT molecular complexity index is 1010. The molecule has 9 nitrogen and oxygen atoms in total. The van der Waals surface area contributed by atoms with Crippen LogP contribution in [0.5, 0.6) is 5.75 Å². The zero-order valence-electron chi connectivity index (χ0n) is 22.6. The van der Waals surface area contributed by atoms with Gasteiger partial charge in [-0.3, -0.25) is 14.0 Å². The number of sulfonamides is 1. The second-order valence-electron chi connectivity index (χ2n) is 10.0. The summed E-state index contributed by atoms with van der Waals surface area (Å²) in [4.78, 5) is 19.7. The maximum Gasteiger partial charge on any atom is 0.264 e. The normalized spacial score (nSPS) is 21.9. The monoisotopic (exact) mass is 522 g/mol. The molecule has 0 bridgehead atoms. The van der Waals surface area contributed by atoms with E-state index in [1.807, 2.05) is 7.05 Å². The molecule has 36 heavy (non-hydrogen) atoms. The second kappa shape index (κ2) is 12.3. The number of nitrogens with zero attached hydrogens (tertiary/aromatic N) is 4. The van der Waals surface area contributed by atoms with E-state index < -0.39 is 10.0 Å². The molecule has 0 aromatic heterocycles. The third-order valence-electron chi connectivity index (χ3n) is 7.54. The fourth-order valence-electron chi connectivity index (χ4n) is 5.21. The van der Waals surface area contributed by atoms with Crippen LogP contribution >= 0.6 is 0 Å². The van der Waals surface area contributed by atoms with Crippen LogP contribution in [0.1, 0.15) is 36.8 Å². The van der Waals surface area contributed by atoms with Crippen LogP contribution in [0.15, 0.2) is 29.5 Å². The van der Waals surface area contributed by atoms with Crippen LogP contribution in [0.25, 0.3) is 0 Å². The third kappa shape index (κ3) is 6.72. The molecule has 0 spiro atoms. The standard InChI is InChI=1S/C26H42N4O5S/c1-20-17-24(34-6)18-21(2)26(20)36(32,33)28(4)15-16-35-19-25(31)29(5)22-7-9-23(10-8-22)30-13-11-27(3)12-14-30/h15-18,22-23H,7-14,19H2,1-6H3/b16-15+. The van der Waals surface area contributed by atoms with Gasteiger partial charge in [0.15, 0.2) is 6.61 Å². The highest BCUT2D eigenvalue weighted by molar-refractivity contribution is 7.89. The van der Waals surface area contributed by atoms with Crippen molar-refractivity contribution >= 4 is 15.9 Å². The maximum atomic E-state index is 13.1. The predicted octanol–water partition coefficient (Wildman–Crippen LogP) is 2.44. The van der Waals surface area contributed by atoms with Crippen LogP contribution in [0.3, 0.4) is 0 Å². The molecule has 0 radical (unpaired) electrons. The lowest BCUT2D eigenvalue weighted by atomic mass is 9.89. The smallest absolute Gasteiger partial charge is 0.264 e. The van der Waals surface area contributed by atoms with Gasteiger partial charge in [0.25, 0.3) is 15.9 Å². The van der Waals surface area contributed by atoms with Gasteiger partial charge < -0.3 is 19.3 Å². The molecule has 1 aromatic carbocycles. The molecule has 1 heterocycles. The molecule has 1 aliphatic heterocycles. The Morgan fingerprint density at radius 1 is 1.06 bits per heavy atom. The Labute approximate surface area is 216 Å². The number of hydrogen-bond acceptors (Lipinski definition) is 7. The van der Waals surface area contributed by atoms with E-state index in [0.29, 0.717) is 22.9 Å². The predicted molar refractivity (Wildman–Crippen MR) is 140 cm³/mol. The molecule has 0 unspecified atom stereocenters. The van der Waals surface area contributed by atoms with E-state index in [9.17, 15) is 13.2 Å². The molecule has 1 amide bonds.